The molecule has 0 aliphatic rings. The summed E-state index contributed by atoms with van der Waals surface area (Å²) in [7, 11) is 0. The van der Waals surface area contributed by atoms with Crippen molar-refractivity contribution in [1.82, 2.24) is 0 Å². The van der Waals surface area contributed by atoms with Gasteiger partial charge >= 0.3 is 0 Å². The lowest BCUT2D eigenvalue weighted by molar-refractivity contribution is 0.0345. The summed E-state index contributed by atoms with van der Waals surface area (Å²) in [5, 5.41) is 10.0. The maximum Gasteiger partial charge on any atom is 0.102 e. The Balaban J connectivity index is 2.33. The molecule has 0 saturated heterocycles. The van der Waals surface area contributed by atoms with E-state index in [0.29, 0.717) is 12.5 Å². The lowest BCUT2D eigenvalue weighted by Crippen LogP contribution is -2.08. The van der Waals surface area contributed by atoms with Gasteiger partial charge < -0.3 is 9.84 Å². The Morgan fingerprint density at radius 3 is 2.37 bits per heavy atom. The van der Waals surface area contributed by atoms with Crippen LogP contribution >= 0.6 is 0 Å². The van der Waals surface area contributed by atoms with Crippen LogP contribution in [-0.4, -0.2) is 18.3 Å². The molecule has 0 spiro atoms. The molecule has 1 N–H and O–H groups in total. The van der Waals surface area contributed by atoms with Crippen molar-refractivity contribution in [2.75, 3.05) is 13.2 Å². The molecule has 108 valence electrons. The van der Waals surface area contributed by atoms with Gasteiger partial charge in [0.15, 0.2) is 0 Å². The summed E-state index contributed by atoms with van der Waals surface area (Å²) in [6.07, 6.45) is 4.05. The van der Waals surface area contributed by atoms with Crippen molar-refractivity contribution in [2.45, 2.75) is 52.6 Å². The Hall–Kier alpha value is -0.860. The van der Waals surface area contributed by atoms with Crippen LogP contribution in [0.1, 0.15) is 57.3 Å². The van der Waals surface area contributed by atoms with Gasteiger partial charge in [0.05, 0.1) is 6.61 Å². The van der Waals surface area contributed by atoms with Gasteiger partial charge in [0.2, 0.25) is 0 Å². The largest absolute Gasteiger partial charge is 0.386 e. The standard InChI is InChI=1S/C17H28O2/c1-4-5-6-11-19-13-17(18)16-9-7-15(8-10-16)12-14(2)3/h7-10,14,17-18H,4-6,11-13H2,1-3H3. The van der Waals surface area contributed by atoms with E-state index in [-0.39, 0.29) is 0 Å². The van der Waals surface area contributed by atoms with Crippen LogP contribution in [0.5, 0.6) is 0 Å². The van der Waals surface area contributed by atoms with Crippen molar-refractivity contribution in [3.63, 3.8) is 0 Å². The summed E-state index contributed by atoms with van der Waals surface area (Å²) < 4.78 is 5.50. The molecular formula is C17H28O2. The van der Waals surface area contributed by atoms with Crippen LogP contribution in [-0.2, 0) is 11.2 Å². The summed E-state index contributed by atoms with van der Waals surface area (Å²) in [6, 6.07) is 8.24. The monoisotopic (exact) mass is 264 g/mol. The van der Waals surface area contributed by atoms with Crippen molar-refractivity contribution >= 4 is 0 Å². The highest BCUT2D eigenvalue weighted by Crippen LogP contribution is 2.16. The lowest BCUT2D eigenvalue weighted by Gasteiger charge is -2.13. The van der Waals surface area contributed by atoms with Crippen molar-refractivity contribution in [2.24, 2.45) is 5.92 Å². The van der Waals surface area contributed by atoms with E-state index >= 15 is 0 Å². The molecule has 1 rings (SSSR count). The predicted octanol–water partition coefficient (Wildman–Crippen LogP) is 4.13. The SMILES string of the molecule is CCCCCOCC(O)c1ccc(CC(C)C)cc1. The fraction of sp³-hybridized carbons (Fsp3) is 0.647. The van der Waals surface area contributed by atoms with Crippen LogP contribution in [0.3, 0.4) is 0 Å². The van der Waals surface area contributed by atoms with Gasteiger partial charge in [0.1, 0.15) is 6.10 Å². The number of hydrogen-bond acceptors (Lipinski definition) is 2. The van der Waals surface area contributed by atoms with Gasteiger partial charge in [-0.25, -0.2) is 0 Å². The van der Waals surface area contributed by atoms with Gasteiger partial charge in [0, 0.05) is 6.61 Å². The number of ether oxygens (including phenoxy) is 1. The predicted molar refractivity (Wildman–Crippen MR) is 80.3 cm³/mol. The first kappa shape index (κ1) is 16.2. The average Bonchev–Trinajstić information content (AvgIpc) is 2.38. The molecule has 2 heteroatoms. The van der Waals surface area contributed by atoms with Gasteiger partial charge in [-0.15, -0.1) is 0 Å². The Kier molecular flexibility index (Phi) is 7.76. The second-order valence-corrected chi connectivity index (χ2v) is 5.64. The molecule has 0 fully saturated rings. The zero-order valence-corrected chi connectivity index (χ0v) is 12.6. The Morgan fingerprint density at radius 2 is 1.79 bits per heavy atom. The fourth-order valence-corrected chi connectivity index (χ4v) is 2.09. The van der Waals surface area contributed by atoms with Crippen LogP contribution in [0.15, 0.2) is 24.3 Å². The highest BCUT2D eigenvalue weighted by molar-refractivity contribution is 5.24. The number of benzene rings is 1. The van der Waals surface area contributed by atoms with Crippen LogP contribution in [0, 0.1) is 5.92 Å². The first-order valence-corrected chi connectivity index (χ1v) is 7.48. The zero-order chi connectivity index (χ0) is 14.1. The van der Waals surface area contributed by atoms with E-state index in [0.717, 1.165) is 25.0 Å². The number of unbranched alkanes of at least 4 members (excludes halogenated alkanes) is 2. The third-order valence-corrected chi connectivity index (χ3v) is 3.18. The van der Waals surface area contributed by atoms with Gasteiger partial charge in [0.25, 0.3) is 0 Å². The van der Waals surface area contributed by atoms with E-state index in [1.54, 1.807) is 0 Å². The smallest absolute Gasteiger partial charge is 0.102 e. The summed E-state index contributed by atoms with van der Waals surface area (Å²) in [5.41, 5.74) is 2.28. The Morgan fingerprint density at radius 1 is 1.11 bits per heavy atom. The van der Waals surface area contributed by atoms with Crippen molar-refractivity contribution in [3.8, 4) is 0 Å². The van der Waals surface area contributed by atoms with Crippen LogP contribution in [0.25, 0.3) is 0 Å². The van der Waals surface area contributed by atoms with Crippen molar-refractivity contribution in [3.05, 3.63) is 35.4 Å². The molecule has 1 unspecified atom stereocenters. The van der Waals surface area contributed by atoms with E-state index in [1.807, 2.05) is 12.1 Å². The first-order valence-electron chi connectivity index (χ1n) is 7.48. The Labute approximate surface area is 117 Å². The fourth-order valence-electron chi connectivity index (χ4n) is 2.09. The Bertz CT molecular complexity index is 330. The number of rotatable bonds is 9. The minimum absolute atomic E-state index is 0.396. The normalized spacial score (nSPS) is 12.9. The van der Waals surface area contributed by atoms with Crippen LogP contribution < -0.4 is 0 Å². The molecule has 0 aliphatic heterocycles. The molecule has 0 aliphatic carbocycles. The molecule has 2 nitrogen and oxygen atoms in total. The average molecular weight is 264 g/mol. The molecule has 0 heterocycles. The molecule has 19 heavy (non-hydrogen) atoms. The second kappa shape index (κ2) is 9.11. The van der Waals surface area contributed by atoms with Gasteiger partial charge in [-0.05, 0) is 29.9 Å². The van der Waals surface area contributed by atoms with E-state index < -0.39 is 6.10 Å². The summed E-state index contributed by atoms with van der Waals surface area (Å²) in [6.45, 7) is 7.75. The van der Waals surface area contributed by atoms with Crippen molar-refractivity contribution in [1.29, 1.82) is 0 Å². The molecule has 0 saturated carbocycles. The minimum Gasteiger partial charge on any atom is -0.386 e. The quantitative estimate of drug-likeness (QED) is 0.680. The number of aliphatic hydroxyl groups is 1. The maximum absolute atomic E-state index is 10.0. The lowest BCUT2D eigenvalue weighted by atomic mass is 10.0. The molecular weight excluding hydrogens is 236 g/mol. The molecule has 0 aromatic heterocycles. The molecule has 1 atom stereocenters. The van der Waals surface area contributed by atoms with E-state index in [2.05, 4.69) is 32.9 Å². The minimum atomic E-state index is -0.505. The molecule has 0 radical (unpaired) electrons. The molecule has 0 bridgehead atoms. The number of hydrogen-bond donors (Lipinski definition) is 1. The topological polar surface area (TPSA) is 29.5 Å². The van der Waals surface area contributed by atoms with Crippen molar-refractivity contribution < 1.29 is 9.84 Å². The summed E-state index contributed by atoms with van der Waals surface area (Å²) >= 11 is 0. The number of aliphatic hydroxyl groups excluding tert-OH is 1. The second-order valence-electron chi connectivity index (χ2n) is 5.64. The third-order valence-electron chi connectivity index (χ3n) is 3.18. The highest BCUT2D eigenvalue weighted by atomic mass is 16.5. The maximum atomic E-state index is 10.0. The van der Waals surface area contributed by atoms with E-state index in [1.165, 1.54) is 18.4 Å². The van der Waals surface area contributed by atoms with Gasteiger partial charge in [-0.3, -0.25) is 0 Å². The van der Waals surface area contributed by atoms with Gasteiger partial charge in [-0.1, -0.05) is 57.9 Å². The summed E-state index contributed by atoms with van der Waals surface area (Å²) in [4.78, 5) is 0. The first-order chi connectivity index (χ1) is 9.13. The molecule has 0 amide bonds. The molecule has 1 aromatic rings. The highest BCUT2D eigenvalue weighted by Gasteiger charge is 2.07. The van der Waals surface area contributed by atoms with E-state index in [4.69, 9.17) is 4.74 Å². The summed E-state index contributed by atoms with van der Waals surface area (Å²) in [5.74, 6) is 0.665. The van der Waals surface area contributed by atoms with Crippen LogP contribution in [0.4, 0.5) is 0 Å². The third kappa shape index (κ3) is 6.74. The van der Waals surface area contributed by atoms with Crippen LogP contribution in [0.2, 0.25) is 0 Å². The van der Waals surface area contributed by atoms with Gasteiger partial charge in [-0.2, -0.15) is 0 Å². The van der Waals surface area contributed by atoms with E-state index in [9.17, 15) is 5.11 Å². The zero-order valence-electron chi connectivity index (χ0n) is 12.6. The molecule has 1 aromatic carbocycles.